The van der Waals surface area contributed by atoms with Gasteiger partial charge in [0.25, 0.3) is 0 Å². The minimum Gasteiger partial charge on any atom is -0.357 e. The molecule has 20 heavy (non-hydrogen) atoms. The second-order valence-electron chi connectivity index (χ2n) is 5.15. The molecule has 1 aromatic heterocycles. The van der Waals surface area contributed by atoms with Crippen molar-refractivity contribution in [2.75, 3.05) is 22.6 Å². The Kier molecular flexibility index (Phi) is 4.03. The van der Waals surface area contributed by atoms with E-state index < -0.39 is 15.9 Å². The Morgan fingerprint density at radius 1 is 1.40 bits per heavy atom. The number of rotatable bonds is 5. The second kappa shape index (κ2) is 5.43. The van der Waals surface area contributed by atoms with Crippen molar-refractivity contribution in [2.45, 2.75) is 32.2 Å². The van der Waals surface area contributed by atoms with Crippen LogP contribution in [0.15, 0.2) is 0 Å². The topological polar surface area (TPSA) is 93.1 Å². The first-order chi connectivity index (χ1) is 9.31. The first-order valence-corrected chi connectivity index (χ1v) is 8.69. The Morgan fingerprint density at radius 2 is 2.10 bits per heavy atom. The number of aromatic nitrogens is 2. The molecule has 0 spiro atoms. The number of carbonyl (C=O) groups excluding carboxylic acids is 1. The summed E-state index contributed by atoms with van der Waals surface area (Å²) in [5.41, 5.74) is 1.57. The summed E-state index contributed by atoms with van der Waals surface area (Å²) < 4.78 is 24.1. The van der Waals surface area contributed by atoms with Crippen LogP contribution < -0.4 is 10.6 Å². The van der Waals surface area contributed by atoms with Crippen molar-refractivity contribution in [3.8, 4) is 0 Å². The smallest absolute Gasteiger partial charge is 0.247 e. The monoisotopic (exact) mass is 300 g/mol. The van der Waals surface area contributed by atoms with E-state index in [-0.39, 0.29) is 18.1 Å². The van der Waals surface area contributed by atoms with Crippen LogP contribution in [0.3, 0.4) is 0 Å². The van der Waals surface area contributed by atoms with Gasteiger partial charge in [-0.1, -0.05) is 13.3 Å². The minimum absolute atomic E-state index is 0.0207. The first-order valence-electron chi connectivity index (χ1n) is 6.63. The predicted octanol–water partition coefficient (Wildman–Crippen LogP) is 0.540. The average molecular weight is 300 g/mol. The van der Waals surface area contributed by atoms with Gasteiger partial charge in [0.1, 0.15) is 27.4 Å². The van der Waals surface area contributed by atoms with Crippen molar-refractivity contribution < 1.29 is 13.2 Å². The quantitative estimate of drug-likeness (QED) is 0.828. The van der Waals surface area contributed by atoms with Gasteiger partial charge in [0.05, 0.1) is 11.4 Å². The number of sulfone groups is 1. The average Bonchev–Trinajstić information content (AvgIpc) is 2.63. The van der Waals surface area contributed by atoms with Gasteiger partial charge in [-0.05, 0) is 12.8 Å². The van der Waals surface area contributed by atoms with E-state index in [1.807, 2.05) is 6.92 Å². The number of hydrogen-bond acceptors (Lipinski definition) is 5. The largest absolute Gasteiger partial charge is 0.357 e. The number of carbonyl (C=O) groups is 1. The minimum atomic E-state index is -3.08. The zero-order valence-corrected chi connectivity index (χ0v) is 12.7. The fraction of sp³-hybridized carbons (Fsp3) is 0.667. The predicted molar refractivity (Wildman–Crippen MR) is 77.6 cm³/mol. The lowest BCUT2D eigenvalue weighted by molar-refractivity contribution is -0.117. The number of nitrogens with zero attached hydrogens (tertiary/aromatic N) is 2. The van der Waals surface area contributed by atoms with Crippen LogP contribution >= 0.6 is 0 Å². The van der Waals surface area contributed by atoms with Crippen LogP contribution in [0.5, 0.6) is 0 Å². The molecule has 112 valence electrons. The van der Waals surface area contributed by atoms with Gasteiger partial charge >= 0.3 is 0 Å². The van der Waals surface area contributed by atoms with Crippen molar-refractivity contribution in [3.05, 3.63) is 5.69 Å². The van der Waals surface area contributed by atoms with E-state index in [2.05, 4.69) is 15.7 Å². The van der Waals surface area contributed by atoms with Crippen molar-refractivity contribution in [3.63, 3.8) is 0 Å². The summed E-state index contributed by atoms with van der Waals surface area (Å²) in [5, 5.41) is 10.3. The van der Waals surface area contributed by atoms with Gasteiger partial charge in [-0.3, -0.25) is 9.48 Å². The normalized spacial score (nSPS) is 18.4. The van der Waals surface area contributed by atoms with Crippen molar-refractivity contribution in [1.29, 1.82) is 0 Å². The number of fused-ring (bicyclic) bond motifs is 1. The lowest BCUT2D eigenvalue weighted by atomic mass is 10.1. The van der Waals surface area contributed by atoms with Crippen molar-refractivity contribution >= 4 is 27.2 Å². The zero-order chi connectivity index (χ0) is 14.9. The van der Waals surface area contributed by atoms with E-state index in [0.717, 1.165) is 30.0 Å². The molecule has 2 heterocycles. The van der Waals surface area contributed by atoms with Crippen LogP contribution in [0.4, 0.5) is 11.5 Å². The van der Waals surface area contributed by atoms with Crippen LogP contribution in [0, 0.1) is 0 Å². The number of anilines is 2. The van der Waals surface area contributed by atoms with Gasteiger partial charge in [0, 0.05) is 13.3 Å². The molecule has 1 unspecified atom stereocenters. The van der Waals surface area contributed by atoms with Gasteiger partial charge in [-0.15, -0.1) is 0 Å². The van der Waals surface area contributed by atoms with Gasteiger partial charge in [0.15, 0.2) is 0 Å². The molecule has 1 amide bonds. The maximum Gasteiger partial charge on any atom is 0.247 e. The standard InChI is InChI=1S/C12H20N4O3S/c1-4-5-8-10-11(16(2)15-8)13-9(12(17)14-10)6-7-20(3,18)19/h9,13H,4-7H2,1-3H3,(H,14,17). The summed E-state index contributed by atoms with van der Waals surface area (Å²) in [7, 11) is -1.28. The fourth-order valence-corrected chi connectivity index (χ4v) is 2.93. The van der Waals surface area contributed by atoms with Crippen LogP contribution in [-0.4, -0.2) is 42.2 Å². The summed E-state index contributed by atoms with van der Waals surface area (Å²) in [6, 6.07) is -0.540. The molecule has 0 fully saturated rings. The molecule has 0 saturated heterocycles. The van der Waals surface area contributed by atoms with Gasteiger partial charge < -0.3 is 10.6 Å². The van der Waals surface area contributed by atoms with E-state index in [9.17, 15) is 13.2 Å². The SMILES string of the molecule is CCCc1nn(C)c2c1NC(=O)C(CCS(C)(=O)=O)N2. The molecule has 2 rings (SSSR count). The molecule has 1 aliphatic heterocycles. The Bertz CT molecular complexity index is 621. The van der Waals surface area contributed by atoms with Gasteiger partial charge in [-0.2, -0.15) is 5.10 Å². The van der Waals surface area contributed by atoms with Gasteiger partial charge in [-0.25, -0.2) is 8.42 Å². The Morgan fingerprint density at radius 3 is 2.70 bits per heavy atom. The highest BCUT2D eigenvalue weighted by atomic mass is 32.2. The van der Waals surface area contributed by atoms with Crippen LogP contribution in [0.2, 0.25) is 0 Å². The molecule has 0 bridgehead atoms. The molecule has 0 saturated carbocycles. The highest BCUT2D eigenvalue weighted by Crippen LogP contribution is 2.31. The lowest BCUT2D eigenvalue weighted by Gasteiger charge is -2.25. The summed E-state index contributed by atoms with van der Waals surface area (Å²) >= 11 is 0. The third-order valence-electron chi connectivity index (χ3n) is 3.26. The van der Waals surface area contributed by atoms with E-state index in [1.165, 1.54) is 6.26 Å². The van der Waals surface area contributed by atoms with Crippen LogP contribution in [0.1, 0.15) is 25.5 Å². The number of hydrogen-bond donors (Lipinski definition) is 2. The van der Waals surface area contributed by atoms with E-state index in [4.69, 9.17) is 0 Å². The molecule has 2 N–H and O–H groups in total. The second-order valence-corrected chi connectivity index (χ2v) is 7.41. The lowest BCUT2D eigenvalue weighted by Crippen LogP contribution is -2.40. The number of aryl methyl sites for hydroxylation is 2. The Balaban J connectivity index is 2.19. The summed E-state index contributed by atoms with van der Waals surface area (Å²) in [4.78, 5) is 12.0. The Hall–Kier alpha value is -1.57. The highest BCUT2D eigenvalue weighted by molar-refractivity contribution is 7.90. The molecule has 8 heteroatoms. The molecular weight excluding hydrogens is 280 g/mol. The molecule has 1 aromatic rings. The maximum absolute atomic E-state index is 12.0. The maximum atomic E-state index is 12.0. The van der Waals surface area contributed by atoms with Crippen LogP contribution in [0.25, 0.3) is 0 Å². The summed E-state index contributed by atoms with van der Waals surface area (Å²) in [6.45, 7) is 2.05. The zero-order valence-electron chi connectivity index (χ0n) is 11.9. The van der Waals surface area contributed by atoms with Crippen molar-refractivity contribution in [1.82, 2.24) is 9.78 Å². The molecule has 0 aromatic carbocycles. The van der Waals surface area contributed by atoms with E-state index in [1.54, 1.807) is 11.7 Å². The third-order valence-corrected chi connectivity index (χ3v) is 4.24. The van der Waals surface area contributed by atoms with Crippen LogP contribution in [-0.2, 0) is 28.1 Å². The molecule has 1 atom stereocenters. The molecule has 7 nitrogen and oxygen atoms in total. The van der Waals surface area contributed by atoms with E-state index >= 15 is 0 Å². The summed E-state index contributed by atoms with van der Waals surface area (Å²) in [6.07, 6.45) is 3.15. The fourth-order valence-electron chi connectivity index (χ4n) is 2.26. The van der Waals surface area contributed by atoms with Gasteiger partial charge in [0.2, 0.25) is 5.91 Å². The highest BCUT2D eigenvalue weighted by Gasteiger charge is 2.30. The molecule has 0 radical (unpaired) electrons. The molecule has 1 aliphatic rings. The van der Waals surface area contributed by atoms with Crippen molar-refractivity contribution in [2.24, 2.45) is 7.05 Å². The number of nitrogens with one attached hydrogen (secondary N) is 2. The number of amides is 1. The first kappa shape index (κ1) is 14.8. The molecular formula is C12H20N4O3S. The third kappa shape index (κ3) is 3.12. The molecule has 0 aliphatic carbocycles. The summed E-state index contributed by atoms with van der Waals surface area (Å²) in [5.74, 6) is 0.519. The van der Waals surface area contributed by atoms with E-state index in [0.29, 0.717) is 0 Å². The Labute approximate surface area is 118 Å².